The summed E-state index contributed by atoms with van der Waals surface area (Å²) in [5, 5.41) is 14.0. The average molecular weight is 517 g/mol. The first kappa shape index (κ1) is 22.2. The van der Waals surface area contributed by atoms with Gasteiger partial charge in [-0.3, -0.25) is 9.48 Å². The van der Waals surface area contributed by atoms with Crippen LogP contribution in [0.3, 0.4) is 0 Å². The highest BCUT2D eigenvalue weighted by Gasteiger charge is 2.24. The molecule has 1 N–H and O–H groups in total. The lowest BCUT2D eigenvalue weighted by molar-refractivity contribution is -0.137. The Bertz CT molecular complexity index is 1420. The summed E-state index contributed by atoms with van der Waals surface area (Å²) in [6.45, 7) is 4.19. The molecule has 0 fully saturated rings. The molecule has 0 amide bonds. The Labute approximate surface area is 193 Å². The van der Waals surface area contributed by atoms with E-state index in [4.69, 9.17) is 5.11 Å². The van der Waals surface area contributed by atoms with E-state index in [1.54, 1.807) is 41.3 Å². The summed E-state index contributed by atoms with van der Waals surface area (Å²) >= 11 is 3.43. The van der Waals surface area contributed by atoms with Crippen LogP contribution in [0.4, 0.5) is 0 Å². The lowest BCUT2D eigenvalue weighted by Crippen LogP contribution is -2.12. The van der Waals surface area contributed by atoms with Crippen LogP contribution in [-0.2, 0) is 21.4 Å². The maximum absolute atomic E-state index is 13.4. The van der Waals surface area contributed by atoms with Gasteiger partial charge in [-0.15, -0.1) is 0 Å². The van der Waals surface area contributed by atoms with Crippen molar-refractivity contribution in [3.8, 4) is 11.1 Å². The van der Waals surface area contributed by atoms with Crippen LogP contribution in [0.25, 0.3) is 22.2 Å². The molecule has 0 aliphatic rings. The zero-order valence-corrected chi connectivity index (χ0v) is 19.9. The number of hydrogen-bond acceptors (Lipinski definition) is 5. The van der Waals surface area contributed by atoms with Gasteiger partial charge in [-0.05, 0) is 54.4 Å². The Kier molecular flexibility index (Phi) is 5.91. The molecule has 32 heavy (non-hydrogen) atoms. The largest absolute Gasteiger partial charge is 0.481 e. The van der Waals surface area contributed by atoms with E-state index in [9.17, 15) is 13.2 Å². The number of aromatic nitrogens is 4. The number of benzene rings is 1. The van der Waals surface area contributed by atoms with Crippen molar-refractivity contribution >= 4 is 43.0 Å². The van der Waals surface area contributed by atoms with Gasteiger partial charge >= 0.3 is 5.97 Å². The van der Waals surface area contributed by atoms with Gasteiger partial charge in [-0.2, -0.15) is 5.10 Å². The van der Waals surface area contributed by atoms with Crippen LogP contribution in [0.2, 0.25) is 0 Å². The summed E-state index contributed by atoms with van der Waals surface area (Å²) in [6.07, 6.45) is 5.46. The van der Waals surface area contributed by atoms with Gasteiger partial charge in [-0.25, -0.2) is 17.4 Å². The lowest BCUT2D eigenvalue weighted by atomic mass is 10.1. The zero-order chi connectivity index (χ0) is 23.0. The molecule has 0 spiro atoms. The molecule has 1 aromatic carbocycles. The van der Waals surface area contributed by atoms with Crippen LogP contribution in [-0.4, -0.2) is 38.2 Å². The molecule has 8 nitrogen and oxygen atoms in total. The summed E-state index contributed by atoms with van der Waals surface area (Å²) in [6, 6.07) is 8.52. The first-order valence-electron chi connectivity index (χ1n) is 9.92. The fourth-order valence-electron chi connectivity index (χ4n) is 3.56. The number of carbonyl (C=O) groups is 1. The second kappa shape index (κ2) is 8.51. The Balaban J connectivity index is 1.84. The van der Waals surface area contributed by atoms with Crippen LogP contribution < -0.4 is 0 Å². The molecular formula is C22H21BrN4O4S. The second-order valence-electron chi connectivity index (χ2n) is 7.57. The van der Waals surface area contributed by atoms with Crippen molar-refractivity contribution in [3.05, 3.63) is 64.7 Å². The van der Waals surface area contributed by atoms with E-state index in [1.807, 2.05) is 26.1 Å². The van der Waals surface area contributed by atoms with E-state index < -0.39 is 16.0 Å². The molecule has 0 radical (unpaired) electrons. The van der Waals surface area contributed by atoms with Crippen LogP contribution in [0.1, 0.15) is 24.1 Å². The fourth-order valence-corrected chi connectivity index (χ4v) is 5.22. The minimum absolute atomic E-state index is 0.0548. The van der Waals surface area contributed by atoms with E-state index in [0.717, 1.165) is 15.6 Å². The van der Waals surface area contributed by atoms with Crippen LogP contribution in [0.5, 0.6) is 0 Å². The Morgan fingerprint density at radius 1 is 1.12 bits per heavy atom. The van der Waals surface area contributed by atoms with E-state index in [-0.39, 0.29) is 11.3 Å². The highest BCUT2D eigenvalue weighted by Crippen LogP contribution is 2.35. The molecule has 0 saturated heterocycles. The number of hydrogen-bond donors (Lipinski definition) is 1. The Morgan fingerprint density at radius 2 is 1.84 bits per heavy atom. The number of fused-ring (bicyclic) bond motifs is 1. The monoisotopic (exact) mass is 516 g/mol. The smallest absolute Gasteiger partial charge is 0.303 e. The highest BCUT2D eigenvalue weighted by molar-refractivity contribution is 9.10. The SMILES string of the molecule is Cc1ccc(S(=O)(=O)n2cc(-c3cn(CCCC(=O)O)nc3C)c3cc(Br)cnc32)cc1. The molecule has 0 atom stereocenters. The maximum atomic E-state index is 13.4. The standard InChI is InChI=1S/C22H21BrN4O4S/c1-14-5-7-17(8-6-14)32(30,31)27-13-20(18-10-16(23)11-24-22(18)27)19-12-26(25-15(19)2)9-3-4-21(28)29/h5-8,10-13H,3-4,9H2,1-2H3,(H,28,29). The number of carboxylic acid groups (broad SMARTS) is 1. The number of rotatable bonds is 7. The molecule has 3 aromatic heterocycles. The normalized spacial score (nSPS) is 11.8. The van der Waals surface area contributed by atoms with Crippen molar-refractivity contribution in [2.45, 2.75) is 38.1 Å². The summed E-state index contributed by atoms with van der Waals surface area (Å²) in [5.74, 6) is -0.852. The van der Waals surface area contributed by atoms with E-state index >= 15 is 0 Å². The second-order valence-corrected chi connectivity index (χ2v) is 10.3. The molecule has 0 unspecified atom stereocenters. The van der Waals surface area contributed by atoms with Gasteiger partial charge in [0, 0.05) is 52.5 Å². The van der Waals surface area contributed by atoms with Crippen molar-refractivity contribution in [1.82, 2.24) is 18.7 Å². The predicted molar refractivity (Wildman–Crippen MR) is 124 cm³/mol. The van der Waals surface area contributed by atoms with Gasteiger partial charge in [0.25, 0.3) is 10.0 Å². The molecule has 10 heteroatoms. The van der Waals surface area contributed by atoms with E-state index in [2.05, 4.69) is 26.0 Å². The maximum Gasteiger partial charge on any atom is 0.303 e. The number of nitrogens with zero attached hydrogens (tertiary/aromatic N) is 4. The quantitative estimate of drug-likeness (QED) is 0.390. The molecule has 3 heterocycles. The number of aliphatic carboxylic acids is 1. The predicted octanol–water partition coefficient (Wildman–Crippen LogP) is 4.38. The first-order chi connectivity index (χ1) is 15.2. The summed E-state index contributed by atoms with van der Waals surface area (Å²) in [7, 11) is -3.87. The topological polar surface area (TPSA) is 107 Å². The molecule has 0 aliphatic heterocycles. The van der Waals surface area contributed by atoms with E-state index in [0.29, 0.717) is 35.3 Å². The summed E-state index contributed by atoms with van der Waals surface area (Å²) < 4.78 is 30.5. The van der Waals surface area contributed by atoms with Gasteiger partial charge in [0.2, 0.25) is 0 Å². The molecule has 0 aliphatic carbocycles. The lowest BCUT2D eigenvalue weighted by Gasteiger charge is -2.07. The molecule has 166 valence electrons. The zero-order valence-electron chi connectivity index (χ0n) is 17.5. The number of aryl methyl sites for hydroxylation is 3. The van der Waals surface area contributed by atoms with Gasteiger partial charge in [0.1, 0.15) is 0 Å². The van der Waals surface area contributed by atoms with Crippen LogP contribution in [0.15, 0.2) is 58.3 Å². The average Bonchev–Trinajstić information content (AvgIpc) is 3.28. The molecule has 0 bridgehead atoms. The van der Waals surface area contributed by atoms with Crippen LogP contribution >= 0.6 is 15.9 Å². The third-order valence-electron chi connectivity index (χ3n) is 5.17. The van der Waals surface area contributed by atoms with Crippen LogP contribution in [0, 0.1) is 13.8 Å². The first-order valence-corrected chi connectivity index (χ1v) is 12.1. The minimum atomic E-state index is -3.87. The summed E-state index contributed by atoms with van der Waals surface area (Å²) in [5.41, 5.74) is 3.46. The van der Waals surface area contributed by atoms with Crippen molar-refractivity contribution in [1.29, 1.82) is 0 Å². The molecule has 4 rings (SSSR count). The third-order valence-corrected chi connectivity index (χ3v) is 7.27. The van der Waals surface area contributed by atoms with Gasteiger partial charge in [0.15, 0.2) is 5.65 Å². The van der Waals surface area contributed by atoms with Crippen molar-refractivity contribution in [2.75, 3.05) is 0 Å². The number of carboxylic acids is 1. The molecule has 0 saturated carbocycles. The van der Waals surface area contributed by atoms with Crippen molar-refractivity contribution in [3.63, 3.8) is 0 Å². The summed E-state index contributed by atoms with van der Waals surface area (Å²) in [4.78, 5) is 15.4. The number of pyridine rings is 1. The van der Waals surface area contributed by atoms with Gasteiger partial charge < -0.3 is 5.11 Å². The Hall–Kier alpha value is -2.98. The van der Waals surface area contributed by atoms with Gasteiger partial charge in [0.05, 0.1) is 10.6 Å². The van der Waals surface area contributed by atoms with Crippen molar-refractivity contribution < 1.29 is 18.3 Å². The van der Waals surface area contributed by atoms with Crippen molar-refractivity contribution in [2.24, 2.45) is 0 Å². The fraction of sp³-hybridized carbons (Fsp3) is 0.227. The Morgan fingerprint density at radius 3 is 2.53 bits per heavy atom. The molecular weight excluding hydrogens is 496 g/mol. The third kappa shape index (κ3) is 4.20. The highest BCUT2D eigenvalue weighted by atomic mass is 79.9. The molecule has 4 aromatic rings. The number of halogens is 1. The van der Waals surface area contributed by atoms with E-state index in [1.165, 1.54) is 3.97 Å². The van der Waals surface area contributed by atoms with Gasteiger partial charge in [-0.1, -0.05) is 17.7 Å². The minimum Gasteiger partial charge on any atom is -0.481 e.